The number of amides is 1. The zero-order valence-electron chi connectivity index (χ0n) is 18.6. The molecule has 0 atom stereocenters. The van der Waals surface area contributed by atoms with E-state index in [9.17, 15) is 4.79 Å². The maximum Gasteiger partial charge on any atom is 0.286 e. The number of hydrogen-bond donors (Lipinski definition) is 1. The molecular weight excluding hydrogens is 402 g/mol. The molecule has 2 aromatic carbocycles. The average Bonchev–Trinajstić information content (AvgIpc) is 3.45. The molecule has 0 aliphatic heterocycles. The number of para-hydroxylation sites is 3. The maximum absolute atomic E-state index is 12.1. The number of nitrogens with zero attached hydrogens (tertiary/aromatic N) is 2. The second-order valence-electron chi connectivity index (χ2n) is 8.05. The molecule has 166 valence electrons. The van der Waals surface area contributed by atoms with Crippen molar-refractivity contribution in [2.45, 2.75) is 39.2 Å². The molecule has 0 radical (unpaired) electrons. The number of aryl methyl sites for hydroxylation is 1. The van der Waals surface area contributed by atoms with Crippen LogP contribution < -0.4 is 10.1 Å². The van der Waals surface area contributed by atoms with Crippen molar-refractivity contribution in [1.82, 2.24) is 14.9 Å². The van der Waals surface area contributed by atoms with Crippen molar-refractivity contribution in [3.05, 3.63) is 84.1 Å². The van der Waals surface area contributed by atoms with Gasteiger partial charge in [0.15, 0.2) is 5.76 Å². The third-order valence-electron chi connectivity index (χ3n) is 5.44. The molecule has 4 aromatic rings. The number of imidazole rings is 1. The minimum Gasteiger partial charge on any atom is -0.493 e. The van der Waals surface area contributed by atoms with Crippen LogP contribution in [0.4, 0.5) is 0 Å². The van der Waals surface area contributed by atoms with Gasteiger partial charge >= 0.3 is 0 Å². The average molecular weight is 432 g/mol. The Morgan fingerprint density at radius 3 is 2.72 bits per heavy atom. The van der Waals surface area contributed by atoms with Crippen LogP contribution >= 0.6 is 0 Å². The predicted molar refractivity (Wildman–Crippen MR) is 125 cm³/mol. The first-order chi connectivity index (χ1) is 15.6. The first-order valence-corrected chi connectivity index (χ1v) is 11.1. The molecule has 0 unspecified atom stereocenters. The van der Waals surface area contributed by atoms with Gasteiger partial charge in [-0.2, -0.15) is 0 Å². The van der Waals surface area contributed by atoms with Gasteiger partial charge in [-0.15, -0.1) is 0 Å². The Kier molecular flexibility index (Phi) is 6.90. The molecule has 0 spiro atoms. The minimum absolute atomic E-state index is 0.213. The largest absolute Gasteiger partial charge is 0.493 e. The van der Waals surface area contributed by atoms with Crippen LogP contribution in [0.1, 0.15) is 48.1 Å². The molecule has 6 nitrogen and oxygen atoms in total. The van der Waals surface area contributed by atoms with Crippen LogP contribution in [-0.2, 0) is 13.0 Å². The molecule has 0 aliphatic carbocycles. The monoisotopic (exact) mass is 431 g/mol. The fraction of sp³-hybridized carbons (Fsp3) is 0.308. The number of rotatable bonds is 10. The lowest BCUT2D eigenvalue weighted by Gasteiger charge is -2.14. The Morgan fingerprint density at radius 1 is 1.09 bits per heavy atom. The first-order valence-electron chi connectivity index (χ1n) is 11.1. The molecule has 0 saturated carbocycles. The van der Waals surface area contributed by atoms with Crippen molar-refractivity contribution in [2.75, 3.05) is 13.2 Å². The standard InChI is InChI=1S/C26H29N3O3/c1-19(2)20-9-3-6-12-23(20)31-18-8-16-29-22-11-5-4-10-21(22)28-25(29)14-15-27-26(30)24-13-7-17-32-24/h3-7,9-13,17,19H,8,14-16,18H2,1-2H3,(H,27,30). The SMILES string of the molecule is CC(C)c1ccccc1OCCCn1c(CCNC(=O)c2ccco2)nc2ccccc21. The van der Waals surface area contributed by atoms with Crippen LogP contribution in [0.5, 0.6) is 5.75 Å². The van der Waals surface area contributed by atoms with E-state index in [4.69, 9.17) is 14.1 Å². The van der Waals surface area contributed by atoms with Gasteiger partial charge in [-0.05, 0) is 48.2 Å². The molecule has 32 heavy (non-hydrogen) atoms. The van der Waals surface area contributed by atoms with E-state index in [-0.39, 0.29) is 5.91 Å². The van der Waals surface area contributed by atoms with Crippen molar-refractivity contribution in [1.29, 1.82) is 0 Å². The molecular formula is C26H29N3O3. The summed E-state index contributed by atoms with van der Waals surface area (Å²) in [4.78, 5) is 16.9. The number of benzene rings is 2. The van der Waals surface area contributed by atoms with Gasteiger partial charge in [-0.1, -0.05) is 44.2 Å². The lowest BCUT2D eigenvalue weighted by Crippen LogP contribution is -2.26. The summed E-state index contributed by atoms with van der Waals surface area (Å²) in [5.74, 6) is 2.44. The Balaban J connectivity index is 1.39. The molecule has 0 bridgehead atoms. The van der Waals surface area contributed by atoms with Gasteiger partial charge in [0, 0.05) is 19.5 Å². The molecule has 1 amide bonds. The van der Waals surface area contributed by atoms with Gasteiger partial charge in [-0.25, -0.2) is 4.98 Å². The number of furan rings is 1. The Morgan fingerprint density at radius 2 is 1.91 bits per heavy atom. The van der Waals surface area contributed by atoms with Gasteiger partial charge in [0.25, 0.3) is 5.91 Å². The fourth-order valence-corrected chi connectivity index (χ4v) is 3.84. The summed E-state index contributed by atoms with van der Waals surface area (Å²) in [6.07, 6.45) is 2.99. The van der Waals surface area contributed by atoms with E-state index in [0.717, 1.165) is 35.6 Å². The maximum atomic E-state index is 12.1. The third kappa shape index (κ3) is 5.02. The van der Waals surface area contributed by atoms with Gasteiger partial charge < -0.3 is 19.0 Å². The molecule has 2 heterocycles. The summed E-state index contributed by atoms with van der Waals surface area (Å²) < 4.78 is 13.5. The molecule has 0 aliphatic rings. The number of fused-ring (bicyclic) bond motifs is 1. The van der Waals surface area contributed by atoms with Crippen molar-refractivity contribution in [3.8, 4) is 5.75 Å². The van der Waals surface area contributed by atoms with E-state index in [2.05, 4.69) is 41.9 Å². The van der Waals surface area contributed by atoms with Crippen LogP contribution in [-0.4, -0.2) is 28.6 Å². The van der Waals surface area contributed by atoms with Crippen molar-refractivity contribution >= 4 is 16.9 Å². The highest BCUT2D eigenvalue weighted by molar-refractivity contribution is 5.91. The zero-order valence-corrected chi connectivity index (χ0v) is 18.6. The first kappa shape index (κ1) is 21.7. The highest BCUT2D eigenvalue weighted by atomic mass is 16.5. The summed E-state index contributed by atoms with van der Waals surface area (Å²) in [6.45, 7) is 6.27. The lowest BCUT2D eigenvalue weighted by molar-refractivity contribution is 0.0926. The Bertz CT molecular complexity index is 1160. The number of carbonyl (C=O) groups excluding carboxylic acids is 1. The molecule has 0 fully saturated rings. The van der Waals surface area contributed by atoms with E-state index < -0.39 is 0 Å². The lowest BCUT2D eigenvalue weighted by atomic mass is 10.0. The molecule has 2 aromatic heterocycles. The van der Waals surface area contributed by atoms with Crippen molar-refractivity contribution in [3.63, 3.8) is 0 Å². The molecule has 6 heteroatoms. The zero-order chi connectivity index (χ0) is 22.3. The summed E-state index contributed by atoms with van der Waals surface area (Å²) in [7, 11) is 0. The van der Waals surface area contributed by atoms with E-state index in [0.29, 0.717) is 31.3 Å². The Labute approximate surface area is 188 Å². The number of nitrogens with one attached hydrogen (secondary N) is 1. The van der Waals surface area contributed by atoms with Crippen molar-refractivity contribution in [2.24, 2.45) is 0 Å². The van der Waals surface area contributed by atoms with Crippen molar-refractivity contribution < 1.29 is 13.9 Å². The topological polar surface area (TPSA) is 69.3 Å². The molecule has 1 N–H and O–H groups in total. The minimum atomic E-state index is -0.213. The fourth-order valence-electron chi connectivity index (χ4n) is 3.84. The normalized spacial score (nSPS) is 11.2. The van der Waals surface area contributed by atoms with Crippen LogP contribution in [0.2, 0.25) is 0 Å². The second kappa shape index (κ2) is 10.2. The summed E-state index contributed by atoms with van der Waals surface area (Å²) in [5, 5.41) is 2.90. The predicted octanol–water partition coefficient (Wildman–Crippen LogP) is 5.19. The number of ether oxygens (including phenoxy) is 1. The summed E-state index contributed by atoms with van der Waals surface area (Å²) in [5.41, 5.74) is 3.29. The van der Waals surface area contributed by atoms with E-state index in [1.54, 1.807) is 12.1 Å². The number of hydrogen-bond acceptors (Lipinski definition) is 4. The number of aromatic nitrogens is 2. The van der Waals surface area contributed by atoms with E-state index >= 15 is 0 Å². The quantitative estimate of drug-likeness (QED) is 0.351. The highest BCUT2D eigenvalue weighted by Gasteiger charge is 2.13. The van der Waals surface area contributed by atoms with Gasteiger partial charge in [0.2, 0.25) is 0 Å². The molecule has 4 rings (SSSR count). The highest BCUT2D eigenvalue weighted by Crippen LogP contribution is 2.26. The molecule has 0 saturated heterocycles. The Hall–Kier alpha value is -3.54. The summed E-state index contributed by atoms with van der Waals surface area (Å²) in [6, 6.07) is 19.7. The van der Waals surface area contributed by atoms with E-state index in [1.807, 2.05) is 30.3 Å². The number of carbonyl (C=O) groups is 1. The van der Waals surface area contributed by atoms with Gasteiger partial charge in [-0.3, -0.25) is 4.79 Å². The van der Waals surface area contributed by atoms with Gasteiger partial charge in [0.1, 0.15) is 11.6 Å². The van der Waals surface area contributed by atoms with Gasteiger partial charge in [0.05, 0.1) is 23.9 Å². The van der Waals surface area contributed by atoms with E-state index in [1.165, 1.54) is 11.8 Å². The van der Waals surface area contributed by atoms with Crippen LogP contribution in [0.25, 0.3) is 11.0 Å². The summed E-state index contributed by atoms with van der Waals surface area (Å²) >= 11 is 0. The smallest absolute Gasteiger partial charge is 0.286 e. The van der Waals surface area contributed by atoms with Crippen LogP contribution in [0.3, 0.4) is 0 Å². The van der Waals surface area contributed by atoms with Crippen LogP contribution in [0, 0.1) is 0 Å². The second-order valence-corrected chi connectivity index (χ2v) is 8.05. The third-order valence-corrected chi connectivity index (χ3v) is 5.44. The van der Waals surface area contributed by atoms with Crippen LogP contribution in [0.15, 0.2) is 71.3 Å².